The van der Waals surface area contributed by atoms with Gasteiger partial charge in [-0.2, -0.15) is 0 Å². The van der Waals surface area contributed by atoms with Crippen molar-refractivity contribution >= 4 is 17.6 Å². The predicted octanol–water partition coefficient (Wildman–Crippen LogP) is 1.49. The Morgan fingerprint density at radius 2 is 1.93 bits per heavy atom. The van der Waals surface area contributed by atoms with Crippen molar-refractivity contribution in [2.75, 3.05) is 0 Å². The van der Waals surface area contributed by atoms with Crippen LogP contribution in [0.25, 0.3) is 6.08 Å². The highest BCUT2D eigenvalue weighted by molar-refractivity contribution is 6.49. The highest BCUT2D eigenvalue weighted by Gasteiger charge is 2.54. The maximum absolute atomic E-state index is 11.5. The van der Waals surface area contributed by atoms with Crippen LogP contribution in [0.5, 0.6) is 0 Å². The minimum Gasteiger partial charge on any atom is -0.291 e. The first-order chi connectivity index (χ1) is 6.74. The Morgan fingerprint density at radius 1 is 1.14 bits per heavy atom. The Kier molecular flexibility index (Phi) is 1.21. The molecular formula is C12H8O2. The molecule has 2 heteroatoms. The molecule has 1 atom stereocenters. The van der Waals surface area contributed by atoms with Gasteiger partial charge in [0.25, 0.3) is 0 Å². The van der Waals surface area contributed by atoms with Gasteiger partial charge >= 0.3 is 0 Å². The number of hydrogen-bond acceptors (Lipinski definition) is 2. The monoisotopic (exact) mass is 184 g/mol. The fourth-order valence-corrected chi connectivity index (χ4v) is 2.28. The average Bonchev–Trinajstić information content (AvgIpc) is 2.60. The van der Waals surface area contributed by atoms with Crippen molar-refractivity contribution in [2.24, 2.45) is 0 Å². The summed E-state index contributed by atoms with van der Waals surface area (Å²) in [5.74, 6) is -0.495. The van der Waals surface area contributed by atoms with E-state index in [1.807, 2.05) is 36.4 Å². The molecule has 1 aromatic rings. The molecule has 1 spiro atoms. The molecule has 0 N–H and O–H groups in total. The Morgan fingerprint density at radius 3 is 2.64 bits per heavy atom. The number of fused-ring (bicyclic) bond motifs is 2. The lowest BCUT2D eigenvalue weighted by Crippen LogP contribution is -2.50. The third kappa shape index (κ3) is 0.676. The van der Waals surface area contributed by atoms with E-state index in [-0.39, 0.29) is 11.6 Å². The Hall–Kier alpha value is -1.70. The van der Waals surface area contributed by atoms with Crippen LogP contribution in [-0.2, 0) is 15.0 Å². The Bertz CT molecular complexity index is 485. The van der Waals surface area contributed by atoms with Crippen molar-refractivity contribution in [2.45, 2.75) is 11.8 Å². The van der Waals surface area contributed by atoms with Gasteiger partial charge in [0.2, 0.25) is 11.6 Å². The summed E-state index contributed by atoms with van der Waals surface area (Å²) in [7, 11) is 0. The smallest absolute Gasteiger partial charge is 0.213 e. The summed E-state index contributed by atoms with van der Waals surface area (Å²) in [6, 6.07) is 7.74. The van der Waals surface area contributed by atoms with Crippen LogP contribution in [0.2, 0.25) is 0 Å². The maximum atomic E-state index is 11.5. The van der Waals surface area contributed by atoms with Crippen LogP contribution in [0.1, 0.15) is 17.5 Å². The van der Waals surface area contributed by atoms with Crippen molar-refractivity contribution in [3.05, 3.63) is 41.5 Å². The molecule has 2 nitrogen and oxygen atoms in total. The molecule has 2 aliphatic rings. The lowest BCUT2D eigenvalue weighted by molar-refractivity contribution is -0.146. The SMILES string of the molecule is O=C1CC2(C=Cc3ccccc32)C1=O. The first-order valence-electron chi connectivity index (χ1n) is 4.60. The van der Waals surface area contributed by atoms with Crippen molar-refractivity contribution in [3.8, 4) is 0 Å². The fraction of sp³-hybridized carbons (Fsp3) is 0.167. The van der Waals surface area contributed by atoms with Gasteiger partial charge in [-0.15, -0.1) is 0 Å². The third-order valence-electron chi connectivity index (χ3n) is 3.09. The largest absolute Gasteiger partial charge is 0.291 e. The van der Waals surface area contributed by atoms with Gasteiger partial charge in [-0.3, -0.25) is 9.59 Å². The number of hydrogen-bond donors (Lipinski definition) is 0. The number of Topliss-reactive ketones (excluding diaryl/α,β-unsaturated/α-hetero) is 2. The Balaban J connectivity index is 2.20. The van der Waals surface area contributed by atoms with Crippen LogP contribution in [0.4, 0.5) is 0 Å². The van der Waals surface area contributed by atoms with Crippen LogP contribution < -0.4 is 0 Å². The predicted molar refractivity (Wildman–Crippen MR) is 51.8 cm³/mol. The third-order valence-corrected chi connectivity index (χ3v) is 3.09. The lowest BCUT2D eigenvalue weighted by Gasteiger charge is -2.34. The van der Waals surface area contributed by atoms with E-state index in [9.17, 15) is 9.59 Å². The van der Waals surface area contributed by atoms with Crippen molar-refractivity contribution < 1.29 is 9.59 Å². The van der Waals surface area contributed by atoms with Gasteiger partial charge in [0, 0.05) is 6.42 Å². The molecule has 0 aliphatic heterocycles. The van der Waals surface area contributed by atoms with Crippen LogP contribution in [0, 0.1) is 0 Å². The molecule has 1 unspecified atom stereocenters. The zero-order valence-electron chi connectivity index (χ0n) is 7.49. The summed E-state index contributed by atoms with van der Waals surface area (Å²) in [6.07, 6.45) is 4.14. The molecule has 14 heavy (non-hydrogen) atoms. The van der Waals surface area contributed by atoms with E-state index in [2.05, 4.69) is 0 Å². The lowest BCUT2D eigenvalue weighted by atomic mass is 9.64. The Labute approximate surface area is 81.2 Å². The van der Waals surface area contributed by atoms with E-state index in [0.29, 0.717) is 6.42 Å². The topological polar surface area (TPSA) is 34.1 Å². The summed E-state index contributed by atoms with van der Waals surface area (Å²) >= 11 is 0. The average molecular weight is 184 g/mol. The van der Waals surface area contributed by atoms with E-state index < -0.39 is 5.41 Å². The fourth-order valence-electron chi connectivity index (χ4n) is 2.28. The molecule has 0 radical (unpaired) electrons. The molecule has 0 aromatic heterocycles. The van der Waals surface area contributed by atoms with E-state index in [1.165, 1.54) is 0 Å². The molecule has 1 fully saturated rings. The number of carbonyl (C=O) groups is 2. The van der Waals surface area contributed by atoms with E-state index in [0.717, 1.165) is 11.1 Å². The summed E-state index contributed by atoms with van der Waals surface area (Å²) < 4.78 is 0. The van der Waals surface area contributed by atoms with Gasteiger partial charge in [-0.1, -0.05) is 36.4 Å². The molecular weight excluding hydrogens is 176 g/mol. The number of ketones is 2. The second-order valence-electron chi connectivity index (χ2n) is 3.82. The van der Waals surface area contributed by atoms with Gasteiger partial charge in [-0.05, 0) is 11.1 Å². The zero-order chi connectivity index (χ0) is 9.76. The summed E-state index contributed by atoms with van der Waals surface area (Å²) in [5.41, 5.74) is 1.46. The molecule has 0 amide bonds. The number of benzene rings is 1. The van der Waals surface area contributed by atoms with Crippen LogP contribution in [-0.4, -0.2) is 11.6 Å². The second-order valence-corrected chi connectivity index (χ2v) is 3.82. The van der Waals surface area contributed by atoms with Gasteiger partial charge in [0.05, 0.1) is 5.41 Å². The van der Waals surface area contributed by atoms with E-state index in [1.54, 1.807) is 0 Å². The minimum atomic E-state index is -0.590. The van der Waals surface area contributed by atoms with Gasteiger partial charge in [-0.25, -0.2) is 0 Å². The summed E-state index contributed by atoms with van der Waals surface area (Å²) in [5, 5.41) is 0. The summed E-state index contributed by atoms with van der Waals surface area (Å²) in [6.45, 7) is 0. The van der Waals surface area contributed by atoms with Gasteiger partial charge in [0.1, 0.15) is 0 Å². The molecule has 3 rings (SSSR count). The van der Waals surface area contributed by atoms with Gasteiger partial charge < -0.3 is 0 Å². The molecule has 0 saturated heterocycles. The van der Waals surface area contributed by atoms with E-state index in [4.69, 9.17) is 0 Å². The maximum Gasteiger partial charge on any atom is 0.213 e. The second kappa shape index (κ2) is 2.21. The first kappa shape index (κ1) is 7.68. The van der Waals surface area contributed by atoms with Crippen LogP contribution in [0.15, 0.2) is 30.3 Å². The standard InChI is InChI=1S/C12H8O2/c13-10-7-12(11(10)14)6-5-8-3-1-2-4-9(8)12/h1-6H,7H2. The molecule has 1 aromatic carbocycles. The van der Waals surface area contributed by atoms with Crippen molar-refractivity contribution in [3.63, 3.8) is 0 Å². The first-order valence-corrected chi connectivity index (χ1v) is 4.60. The molecule has 68 valence electrons. The highest BCUT2D eigenvalue weighted by Crippen LogP contribution is 2.45. The highest BCUT2D eigenvalue weighted by atomic mass is 16.2. The van der Waals surface area contributed by atoms with Crippen molar-refractivity contribution in [1.29, 1.82) is 0 Å². The summed E-state index contributed by atoms with van der Waals surface area (Å²) in [4.78, 5) is 22.6. The molecule has 1 saturated carbocycles. The number of allylic oxidation sites excluding steroid dienone is 1. The number of carbonyl (C=O) groups excluding carboxylic acids is 2. The molecule has 2 aliphatic carbocycles. The number of rotatable bonds is 0. The quantitative estimate of drug-likeness (QED) is 0.572. The van der Waals surface area contributed by atoms with E-state index >= 15 is 0 Å². The van der Waals surface area contributed by atoms with Crippen LogP contribution >= 0.6 is 0 Å². The van der Waals surface area contributed by atoms with Gasteiger partial charge in [0.15, 0.2) is 0 Å². The van der Waals surface area contributed by atoms with Crippen LogP contribution in [0.3, 0.4) is 0 Å². The molecule has 0 bridgehead atoms. The van der Waals surface area contributed by atoms with Crippen molar-refractivity contribution in [1.82, 2.24) is 0 Å². The minimum absolute atomic E-state index is 0.244. The normalized spacial score (nSPS) is 28.0. The zero-order valence-corrected chi connectivity index (χ0v) is 7.49. The molecule has 0 heterocycles.